The number of para-hydroxylation sites is 1. The van der Waals surface area contributed by atoms with Crippen LogP contribution in [0.2, 0.25) is 0 Å². The van der Waals surface area contributed by atoms with Crippen LogP contribution in [0.4, 0.5) is 10.1 Å². The van der Waals surface area contributed by atoms with Gasteiger partial charge in [0, 0.05) is 29.6 Å². The second kappa shape index (κ2) is 9.40. The van der Waals surface area contributed by atoms with Gasteiger partial charge in [-0.25, -0.2) is 4.39 Å². The van der Waals surface area contributed by atoms with Crippen molar-refractivity contribution < 1.29 is 27.6 Å². The summed E-state index contributed by atoms with van der Waals surface area (Å²) in [6.45, 7) is 0.241. The van der Waals surface area contributed by atoms with Gasteiger partial charge in [0.05, 0.1) is 24.6 Å². The van der Waals surface area contributed by atoms with Crippen LogP contribution in [-0.4, -0.2) is 23.4 Å². The van der Waals surface area contributed by atoms with Crippen molar-refractivity contribution in [2.24, 2.45) is 0 Å². The fourth-order valence-corrected chi connectivity index (χ4v) is 4.56. The lowest BCUT2D eigenvalue weighted by Crippen LogP contribution is -2.19. The molecule has 8 heteroatoms. The molecule has 3 heterocycles. The van der Waals surface area contributed by atoms with Gasteiger partial charge in [0.2, 0.25) is 5.78 Å². The van der Waals surface area contributed by atoms with Crippen LogP contribution in [0, 0.1) is 5.82 Å². The number of anilines is 1. The maximum atomic E-state index is 13.9. The number of ketones is 1. The second-order valence-corrected chi connectivity index (χ2v) is 8.73. The largest absolute Gasteiger partial charge is 0.497 e. The third-order valence-corrected chi connectivity index (χ3v) is 6.36. The maximum absolute atomic E-state index is 13.9. The van der Waals surface area contributed by atoms with Gasteiger partial charge < -0.3 is 23.5 Å². The predicted molar refractivity (Wildman–Crippen MR) is 140 cm³/mol. The topological polar surface area (TPSA) is 86.6 Å². The summed E-state index contributed by atoms with van der Waals surface area (Å²) in [5.74, 6) is -0.719. The summed E-state index contributed by atoms with van der Waals surface area (Å²) in [7, 11) is 1.52. The molecule has 7 nitrogen and oxygen atoms in total. The number of nitrogens with zero attached hydrogens (tertiary/aromatic N) is 1. The van der Waals surface area contributed by atoms with Gasteiger partial charge in [0.25, 0.3) is 5.91 Å². The molecular weight excluding hydrogens is 487 g/mol. The van der Waals surface area contributed by atoms with Crippen LogP contribution in [0.3, 0.4) is 0 Å². The number of hydrogen-bond acceptors (Lipinski definition) is 5. The highest BCUT2D eigenvalue weighted by molar-refractivity contribution is 6.19. The summed E-state index contributed by atoms with van der Waals surface area (Å²) >= 11 is 0. The quantitative estimate of drug-likeness (QED) is 0.244. The number of halogens is 1. The minimum Gasteiger partial charge on any atom is -0.497 e. The van der Waals surface area contributed by atoms with Crippen molar-refractivity contribution in [3.8, 4) is 5.75 Å². The van der Waals surface area contributed by atoms with Crippen LogP contribution in [0.15, 0.2) is 100 Å². The Morgan fingerprint density at radius 1 is 0.947 bits per heavy atom. The van der Waals surface area contributed by atoms with Gasteiger partial charge in [0.1, 0.15) is 22.8 Å². The predicted octanol–water partition coefficient (Wildman–Crippen LogP) is 6.66. The van der Waals surface area contributed by atoms with Gasteiger partial charge in [-0.3, -0.25) is 9.59 Å². The summed E-state index contributed by atoms with van der Waals surface area (Å²) in [6.07, 6.45) is 1.53. The first-order chi connectivity index (χ1) is 18.5. The first-order valence-electron chi connectivity index (χ1n) is 11.8. The van der Waals surface area contributed by atoms with Gasteiger partial charge >= 0.3 is 0 Å². The van der Waals surface area contributed by atoms with E-state index in [1.807, 2.05) is 0 Å². The van der Waals surface area contributed by atoms with Crippen LogP contribution in [-0.2, 0) is 6.54 Å². The number of carbonyl (C=O) groups is 2. The fraction of sp³-hybridized carbons (Fsp3) is 0.0667. The van der Waals surface area contributed by atoms with Gasteiger partial charge in [-0.05, 0) is 42.0 Å². The van der Waals surface area contributed by atoms with Crippen molar-refractivity contribution in [1.82, 2.24) is 4.57 Å². The van der Waals surface area contributed by atoms with Crippen molar-refractivity contribution in [2.45, 2.75) is 6.54 Å². The lowest BCUT2D eigenvalue weighted by Gasteiger charge is -2.11. The number of nitrogens with one attached hydrogen (secondary N) is 1. The molecule has 3 aromatic carbocycles. The average Bonchev–Trinajstić information content (AvgIpc) is 3.63. The van der Waals surface area contributed by atoms with E-state index < -0.39 is 11.7 Å². The molecule has 0 radical (unpaired) electrons. The number of furan rings is 2. The Kier molecular flexibility index (Phi) is 5.76. The number of amides is 1. The molecular formula is C30H21FN2O5. The molecule has 188 valence electrons. The molecule has 0 aliphatic carbocycles. The zero-order valence-electron chi connectivity index (χ0n) is 20.2. The van der Waals surface area contributed by atoms with Crippen molar-refractivity contribution in [1.29, 1.82) is 0 Å². The number of carbonyl (C=O) groups excluding carboxylic acids is 2. The molecule has 0 fully saturated rings. The molecule has 0 aliphatic rings. The fourth-order valence-electron chi connectivity index (χ4n) is 4.56. The van der Waals surface area contributed by atoms with Crippen LogP contribution >= 0.6 is 0 Å². The highest BCUT2D eigenvalue weighted by Gasteiger charge is 2.26. The molecule has 0 saturated heterocycles. The first-order valence-corrected chi connectivity index (χ1v) is 11.8. The Morgan fingerprint density at radius 2 is 1.79 bits per heavy atom. The molecule has 6 aromatic rings. The van der Waals surface area contributed by atoms with Crippen LogP contribution in [0.1, 0.15) is 32.2 Å². The van der Waals surface area contributed by atoms with Crippen LogP contribution in [0.5, 0.6) is 5.75 Å². The van der Waals surface area contributed by atoms with E-state index in [2.05, 4.69) is 5.32 Å². The monoisotopic (exact) mass is 508 g/mol. The van der Waals surface area contributed by atoms with Gasteiger partial charge in [-0.15, -0.1) is 0 Å². The van der Waals surface area contributed by atoms with E-state index in [4.69, 9.17) is 13.6 Å². The number of fused-ring (bicyclic) bond motifs is 2. The summed E-state index contributed by atoms with van der Waals surface area (Å²) in [5.41, 5.74) is 3.23. The minimum atomic E-state index is -0.473. The Balaban J connectivity index is 1.41. The van der Waals surface area contributed by atoms with Crippen molar-refractivity contribution in [3.05, 3.63) is 120 Å². The molecule has 1 amide bonds. The molecule has 0 saturated carbocycles. The number of ether oxygens (including phenoxy) is 1. The van der Waals surface area contributed by atoms with E-state index in [0.717, 1.165) is 0 Å². The normalized spacial score (nSPS) is 11.2. The van der Waals surface area contributed by atoms with Gasteiger partial charge in [0.15, 0.2) is 11.3 Å². The third kappa shape index (κ3) is 4.12. The molecule has 0 unspecified atom stereocenters. The highest BCUT2D eigenvalue weighted by Crippen LogP contribution is 2.34. The van der Waals surface area contributed by atoms with Crippen LogP contribution < -0.4 is 10.1 Å². The molecule has 0 aliphatic heterocycles. The van der Waals surface area contributed by atoms with Crippen molar-refractivity contribution >= 4 is 39.4 Å². The molecule has 0 bridgehead atoms. The number of methoxy groups -OCH3 is 1. The minimum absolute atomic E-state index is 0.000253. The molecule has 0 spiro atoms. The van der Waals surface area contributed by atoms with Crippen molar-refractivity contribution in [2.75, 3.05) is 12.4 Å². The van der Waals surface area contributed by atoms with Crippen LogP contribution in [0.25, 0.3) is 22.1 Å². The molecule has 3 aromatic heterocycles. The Labute approximate surface area is 216 Å². The lowest BCUT2D eigenvalue weighted by atomic mass is 10.1. The summed E-state index contributed by atoms with van der Waals surface area (Å²) < 4.78 is 32.3. The first kappa shape index (κ1) is 23.3. The third-order valence-electron chi connectivity index (χ3n) is 6.36. The van der Waals surface area contributed by atoms with Gasteiger partial charge in [-0.2, -0.15) is 0 Å². The lowest BCUT2D eigenvalue weighted by molar-refractivity contribution is 0.101. The number of benzene rings is 3. The molecule has 0 atom stereocenters. The Hall–Kier alpha value is -5.11. The zero-order valence-corrected chi connectivity index (χ0v) is 20.2. The maximum Gasteiger partial charge on any atom is 0.272 e. The standard InChI is InChI=1S/C30H21FN2O5/c1-36-21-9-5-7-19(15-21)28(34)29-27(22-10-2-3-11-25(22)38-29)32-30(35)24-16-26-23(12-13-37-26)33(24)17-18-6-4-8-20(31)14-18/h2-16H,17H2,1H3,(H,32,35). The van der Waals surface area contributed by atoms with E-state index >= 15 is 0 Å². The zero-order chi connectivity index (χ0) is 26.2. The Bertz CT molecular complexity index is 1830. The SMILES string of the molecule is COc1cccc(C(=O)c2oc3ccccc3c2NC(=O)c2cc3occc3n2Cc2cccc(F)c2)c1. The molecule has 38 heavy (non-hydrogen) atoms. The molecule has 6 rings (SSSR count). The van der Waals surface area contributed by atoms with E-state index in [0.29, 0.717) is 38.9 Å². The summed E-state index contributed by atoms with van der Waals surface area (Å²) in [6, 6.07) is 23.4. The highest BCUT2D eigenvalue weighted by atomic mass is 19.1. The Morgan fingerprint density at radius 3 is 2.63 bits per heavy atom. The van der Waals surface area contributed by atoms with Gasteiger partial charge in [-0.1, -0.05) is 36.4 Å². The summed E-state index contributed by atoms with van der Waals surface area (Å²) in [5, 5.41) is 3.48. The smallest absolute Gasteiger partial charge is 0.272 e. The van der Waals surface area contributed by atoms with E-state index in [1.54, 1.807) is 77.4 Å². The van der Waals surface area contributed by atoms with E-state index in [-0.39, 0.29) is 29.5 Å². The number of rotatable bonds is 7. The van der Waals surface area contributed by atoms with E-state index in [9.17, 15) is 14.0 Å². The summed E-state index contributed by atoms with van der Waals surface area (Å²) in [4.78, 5) is 27.2. The van der Waals surface area contributed by atoms with E-state index in [1.165, 1.54) is 25.5 Å². The average molecular weight is 509 g/mol. The number of hydrogen-bond donors (Lipinski definition) is 1. The second-order valence-electron chi connectivity index (χ2n) is 8.73. The van der Waals surface area contributed by atoms with Crippen molar-refractivity contribution in [3.63, 3.8) is 0 Å². The molecule has 1 N–H and O–H groups in total. The number of aromatic nitrogens is 1.